The minimum absolute atomic E-state index is 0.464. The molecule has 0 aliphatic carbocycles. The van der Waals surface area contributed by atoms with Crippen molar-refractivity contribution < 1.29 is 19.4 Å². The van der Waals surface area contributed by atoms with Crippen molar-refractivity contribution in [2.75, 3.05) is 14.1 Å². The number of likely N-dealkylation sites (N-methyl/N-ethyl adjacent to an activating group) is 2. The molecule has 1 saturated heterocycles. The Hall–Kier alpha value is -2.34. The van der Waals surface area contributed by atoms with Crippen LogP contribution in [-0.4, -0.2) is 52.8 Å². The second-order valence-corrected chi connectivity index (χ2v) is 5.76. The van der Waals surface area contributed by atoms with E-state index >= 15 is 0 Å². The molecular formula is C16H18N2O4. The zero-order valence-corrected chi connectivity index (χ0v) is 12.7. The highest BCUT2D eigenvalue weighted by molar-refractivity contribution is 6.02. The van der Waals surface area contributed by atoms with E-state index in [9.17, 15) is 14.7 Å². The van der Waals surface area contributed by atoms with E-state index in [0.29, 0.717) is 0 Å². The molecule has 1 fully saturated rings. The van der Waals surface area contributed by atoms with E-state index < -0.39 is 29.7 Å². The highest BCUT2D eigenvalue weighted by Gasteiger charge is 2.62. The van der Waals surface area contributed by atoms with Crippen molar-refractivity contribution in [1.82, 2.24) is 9.80 Å². The first-order valence-corrected chi connectivity index (χ1v) is 7.03. The van der Waals surface area contributed by atoms with E-state index in [-0.39, 0.29) is 0 Å². The summed E-state index contributed by atoms with van der Waals surface area (Å²) in [5.74, 6) is -1.01. The van der Waals surface area contributed by atoms with E-state index in [4.69, 9.17) is 4.74 Å². The molecule has 1 N–H and O–H groups in total. The predicted octanol–water partition coefficient (Wildman–Crippen LogP) is 1.20. The molecule has 3 amide bonds. The molecule has 0 saturated carbocycles. The van der Waals surface area contributed by atoms with Crippen molar-refractivity contribution in [3.63, 3.8) is 0 Å². The average molecular weight is 302 g/mol. The molecule has 3 rings (SSSR count). The van der Waals surface area contributed by atoms with Gasteiger partial charge in [-0.3, -0.25) is 14.6 Å². The van der Waals surface area contributed by atoms with E-state index in [2.05, 4.69) is 0 Å². The summed E-state index contributed by atoms with van der Waals surface area (Å²) in [7, 11) is 2.84. The highest BCUT2D eigenvalue weighted by Crippen LogP contribution is 2.44. The van der Waals surface area contributed by atoms with E-state index in [0.717, 1.165) is 20.9 Å². The first-order valence-electron chi connectivity index (χ1n) is 7.03. The van der Waals surface area contributed by atoms with Gasteiger partial charge in [-0.2, -0.15) is 0 Å². The molecule has 3 atom stereocenters. The number of hydrogen-bond donors (Lipinski definition) is 1. The molecule has 116 valence electrons. The van der Waals surface area contributed by atoms with Gasteiger partial charge in [-0.1, -0.05) is 29.8 Å². The number of imide groups is 1. The number of urea groups is 1. The van der Waals surface area contributed by atoms with Crippen LogP contribution in [0.15, 0.2) is 36.6 Å². The number of carbonyl (C=O) groups is 2. The minimum atomic E-state index is -1.54. The number of amides is 3. The molecule has 2 heterocycles. The fourth-order valence-corrected chi connectivity index (χ4v) is 3.07. The fraction of sp³-hybridized carbons (Fsp3) is 0.375. The first-order chi connectivity index (χ1) is 10.4. The van der Waals surface area contributed by atoms with Gasteiger partial charge in [0.1, 0.15) is 0 Å². The van der Waals surface area contributed by atoms with Crippen LogP contribution in [-0.2, 0) is 9.53 Å². The maximum absolute atomic E-state index is 12.7. The summed E-state index contributed by atoms with van der Waals surface area (Å²) in [5.41, 5.74) is 0.413. The summed E-state index contributed by atoms with van der Waals surface area (Å²) < 4.78 is 5.58. The topological polar surface area (TPSA) is 70.1 Å². The third-order valence-corrected chi connectivity index (χ3v) is 4.41. The third-order valence-electron chi connectivity index (χ3n) is 4.41. The minimum Gasteiger partial charge on any atom is -0.479 e. The third kappa shape index (κ3) is 1.77. The van der Waals surface area contributed by atoms with Gasteiger partial charge in [0.25, 0.3) is 5.91 Å². The van der Waals surface area contributed by atoms with Crippen LogP contribution < -0.4 is 0 Å². The Kier molecular flexibility index (Phi) is 3.21. The van der Waals surface area contributed by atoms with Gasteiger partial charge < -0.3 is 9.84 Å². The Bertz CT molecular complexity index is 655. The second kappa shape index (κ2) is 4.84. The number of benzene rings is 1. The SMILES string of the molecule is Cc1ccc(C2C=CO[C@]23C(=O)N(C)C(=O)N(C)[C@H]3O)cc1. The van der Waals surface area contributed by atoms with Crippen molar-refractivity contribution in [3.05, 3.63) is 47.7 Å². The second-order valence-electron chi connectivity index (χ2n) is 5.76. The van der Waals surface area contributed by atoms with Crippen LogP contribution in [0.3, 0.4) is 0 Å². The lowest BCUT2D eigenvalue weighted by Gasteiger charge is -2.47. The van der Waals surface area contributed by atoms with Crippen molar-refractivity contribution in [2.24, 2.45) is 0 Å². The number of nitrogens with zero attached hydrogens (tertiary/aromatic N) is 2. The number of ether oxygens (including phenoxy) is 1. The summed E-state index contributed by atoms with van der Waals surface area (Å²) in [4.78, 5) is 26.8. The van der Waals surface area contributed by atoms with E-state index in [1.54, 1.807) is 6.08 Å². The number of hydrogen-bond acceptors (Lipinski definition) is 4. The van der Waals surface area contributed by atoms with Gasteiger partial charge >= 0.3 is 6.03 Å². The maximum Gasteiger partial charge on any atom is 0.328 e. The van der Waals surface area contributed by atoms with E-state index in [1.807, 2.05) is 31.2 Å². The quantitative estimate of drug-likeness (QED) is 0.846. The molecule has 1 aromatic rings. The van der Waals surface area contributed by atoms with Crippen LogP contribution in [0.4, 0.5) is 4.79 Å². The molecule has 1 unspecified atom stereocenters. The average Bonchev–Trinajstić information content (AvgIpc) is 2.96. The smallest absolute Gasteiger partial charge is 0.328 e. The number of rotatable bonds is 1. The monoisotopic (exact) mass is 302 g/mol. The Morgan fingerprint density at radius 1 is 1.18 bits per heavy atom. The number of carbonyl (C=O) groups excluding carboxylic acids is 2. The Morgan fingerprint density at radius 2 is 1.82 bits per heavy atom. The molecule has 6 heteroatoms. The van der Waals surface area contributed by atoms with Crippen LogP contribution in [0.1, 0.15) is 17.0 Å². The lowest BCUT2D eigenvalue weighted by Crippen LogP contribution is -2.70. The predicted molar refractivity (Wildman–Crippen MR) is 78.8 cm³/mol. The zero-order chi connectivity index (χ0) is 16.1. The molecule has 6 nitrogen and oxygen atoms in total. The molecule has 2 aliphatic rings. The zero-order valence-electron chi connectivity index (χ0n) is 12.7. The molecule has 0 radical (unpaired) electrons. The van der Waals surface area contributed by atoms with Crippen molar-refractivity contribution >= 4 is 11.9 Å². The Labute approximate surface area is 128 Å². The van der Waals surface area contributed by atoms with Gasteiger partial charge in [-0.15, -0.1) is 0 Å². The lowest BCUT2D eigenvalue weighted by molar-refractivity contribution is -0.184. The molecule has 0 aromatic heterocycles. The number of aliphatic hydroxyl groups is 1. The molecule has 0 bridgehead atoms. The molecule has 1 spiro atoms. The summed E-state index contributed by atoms with van der Waals surface area (Å²) in [6, 6.07) is 7.12. The fourth-order valence-electron chi connectivity index (χ4n) is 3.07. The Balaban J connectivity index is 2.08. The Morgan fingerprint density at radius 3 is 2.45 bits per heavy atom. The van der Waals surface area contributed by atoms with Gasteiger partial charge in [0.15, 0.2) is 6.23 Å². The number of aryl methyl sites for hydroxylation is 1. The summed E-state index contributed by atoms with van der Waals surface area (Å²) in [5, 5.41) is 10.6. The van der Waals surface area contributed by atoms with Gasteiger partial charge in [0, 0.05) is 14.1 Å². The van der Waals surface area contributed by atoms with Crippen molar-refractivity contribution in [1.29, 1.82) is 0 Å². The molecule has 1 aromatic carbocycles. The summed E-state index contributed by atoms with van der Waals surface area (Å²) in [6.07, 6.45) is 1.80. The standard InChI is InChI=1S/C16H18N2O4/c1-10-4-6-11(7-5-10)12-8-9-22-16(12)13(19)17(2)15(21)18(3)14(16)20/h4-9,12-13,19H,1-3H3/t12?,13-,16+/m0/s1. The summed E-state index contributed by atoms with van der Waals surface area (Å²) >= 11 is 0. The van der Waals surface area contributed by atoms with Crippen LogP contribution in [0.25, 0.3) is 0 Å². The largest absolute Gasteiger partial charge is 0.479 e. The van der Waals surface area contributed by atoms with Gasteiger partial charge in [0.05, 0.1) is 12.2 Å². The molecular weight excluding hydrogens is 284 g/mol. The maximum atomic E-state index is 12.7. The normalized spacial score (nSPS) is 31.1. The van der Waals surface area contributed by atoms with Crippen LogP contribution in [0.2, 0.25) is 0 Å². The van der Waals surface area contributed by atoms with Gasteiger partial charge in [0.2, 0.25) is 5.60 Å². The van der Waals surface area contributed by atoms with Crippen molar-refractivity contribution in [3.8, 4) is 0 Å². The van der Waals surface area contributed by atoms with Gasteiger partial charge in [-0.05, 0) is 18.6 Å². The first kappa shape index (κ1) is 14.6. The highest BCUT2D eigenvalue weighted by atomic mass is 16.5. The van der Waals surface area contributed by atoms with Crippen LogP contribution >= 0.6 is 0 Å². The molecule has 22 heavy (non-hydrogen) atoms. The van der Waals surface area contributed by atoms with E-state index in [1.165, 1.54) is 20.4 Å². The number of aliphatic hydroxyl groups excluding tert-OH is 1. The molecule has 2 aliphatic heterocycles. The summed E-state index contributed by atoms with van der Waals surface area (Å²) in [6.45, 7) is 1.97. The van der Waals surface area contributed by atoms with Gasteiger partial charge in [-0.25, -0.2) is 4.79 Å². The lowest BCUT2D eigenvalue weighted by atomic mass is 9.79. The van der Waals surface area contributed by atoms with Crippen molar-refractivity contribution in [2.45, 2.75) is 24.7 Å². The van der Waals surface area contributed by atoms with Crippen LogP contribution in [0, 0.1) is 6.92 Å². The van der Waals surface area contributed by atoms with Crippen LogP contribution in [0.5, 0.6) is 0 Å².